The van der Waals surface area contributed by atoms with E-state index in [-0.39, 0.29) is 11.3 Å². The van der Waals surface area contributed by atoms with E-state index >= 15 is 0 Å². The average Bonchev–Trinajstić information content (AvgIpc) is 2.41. The highest BCUT2D eigenvalue weighted by molar-refractivity contribution is 7.99. The van der Waals surface area contributed by atoms with Gasteiger partial charge in [0, 0.05) is 11.0 Å². The Kier molecular flexibility index (Phi) is 3.99. The maximum atomic E-state index is 11.0. The summed E-state index contributed by atoms with van der Waals surface area (Å²) in [7, 11) is 0. The number of hydrogen-bond acceptors (Lipinski definition) is 5. The monoisotopic (exact) mass is 290 g/mol. The highest BCUT2D eigenvalue weighted by Gasteiger charge is 2.10. The van der Waals surface area contributed by atoms with Crippen LogP contribution in [0.5, 0.6) is 0 Å². The summed E-state index contributed by atoms with van der Waals surface area (Å²) >= 11 is 1.25. The molecular weight excluding hydrogens is 280 g/mol. The summed E-state index contributed by atoms with van der Waals surface area (Å²) in [5.41, 5.74) is 0.833. The van der Waals surface area contributed by atoms with Crippen LogP contribution in [0.2, 0.25) is 0 Å². The fourth-order valence-electron chi connectivity index (χ4n) is 1.56. The number of aromatic nitrogens is 1. The first-order chi connectivity index (χ1) is 9.47. The van der Waals surface area contributed by atoms with E-state index in [1.807, 2.05) is 0 Å². The van der Waals surface area contributed by atoms with Crippen LogP contribution in [0.1, 0.15) is 15.9 Å². The number of nitro groups is 1. The first-order valence-corrected chi connectivity index (χ1v) is 6.41. The number of pyridine rings is 1. The van der Waals surface area contributed by atoms with Crippen LogP contribution in [-0.2, 0) is 0 Å². The zero-order valence-corrected chi connectivity index (χ0v) is 11.3. The Morgan fingerprint density at radius 1 is 1.35 bits per heavy atom. The van der Waals surface area contributed by atoms with Gasteiger partial charge in [0.05, 0.1) is 10.5 Å². The highest BCUT2D eigenvalue weighted by Crippen LogP contribution is 2.28. The van der Waals surface area contributed by atoms with Crippen molar-refractivity contribution in [3.05, 3.63) is 57.8 Å². The standard InChI is InChI=1S/C13H10N2O4S/c1-8-2-4-10(6-11(8)13(16)17)20-12-5-3-9(7-14-12)15(18)19/h2-7H,1H3,(H,16,17). The van der Waals surface area contributed by atoms with Crippen LogP contribution in [0.3, 0.4) is 0 Å². The van der Waals surface area contributed by atoms with Crippen LogP contribution in [0.15, 0.2) is 46.5 Å². The number of carbonyl (C=O) groups is 1. The minimum atomic E-state index is -0.985. The van der Waals surface area contributed by atoms with Gasteiger partial charge >= 0.3 is 5.97 Å². The van der Waals surface area contributed by atoms with Crippen molar-refractivity contribution in [1.29, 1.82) is 0 Å². The molecule has 0 amide bonds. The maximum Gasteiger partial charge on any atom is 0.335 e. The molecule has 2 rings (SSSR count). The van der Waals surface area contributed by atoms with Gasteiger partial charge in [0.1, 0.15) is 11.2 Å². The maximum absolute atomic E-state index is 11.0. The smallest absolute Gasteiger partial charge is 0.335 e. The molecule has 0 unspecified atom stereocenters. The molecule has 20 heavy (non-hydrogen) atoms. The van der Waals surface area contributed by atoms with Gasteiger partial charge in [-0.3, -0.25) is 10.1 Å². The Labute approximate surface area is 118 Å². The Balaban J connectivity index is 2.23. The third kappa shape index (κ3) is 3.12. The number of carboxylic acid groups (broad SMARTS) is 1. The lowest BCUT2D eigenvalue weighted by molar-refractivity contribution is -0.385. The normalized spacial score (nSPS) is 10.2. The van der Waals surface area contributed by atoms with Gasteiger partial charge in [-0.1, -0.05) is 17.8 Å². The minimum absolute atomic E-state index is 0.0792. The van der Waals surface area contributed by atoms with E-state index in [9.17, 15) is 14.9 Å². The summed E-state index contributed by atoms with van der Waals surface area (Å²) in [6, 6.07) is 7.96. The molecule has 0 radical (unpaired) electrons. The Hall–Kier alpha value is -2.41. The van der Waals surface area contributed by atoms with Gasteiger partial charge in [0.15, 0.2) is 0 Å². The molecule has 6 nitrogen and oxygen atoms in total. The topological polar surface area (TPSA) is 93.3 Å². The fourth-order valence-corrected chi connectivity index (χ4v) is 2.35. The van der Waals surface area contributed by atoms with Gasteiger partial charge in [-0.25, -0.2) is 9.78 Å². The van der Waals surface area contributed by atoms with E-state index < -0.39 is 10.9 Å². The van der Waals surface area contributed by atoms with Crippen molar-refractivity contribution in [3.63, 3.8) is 0 Å². The lowest BCUT2D eigenvalue weighted by Crippen LogP contribution is -1.99. The third-order valence-electron chi connectivity index (χ3n) is 2.59. The van der Waals surface area contributed by atoms with Crippen molar-refractivity contribution >= 4 is 23.4 Å². The molecule has 7 heteroatoms. The highest BCUT2D eigenvalue weighted by atomic mass is 32.2. The van der Waals surface area contributed by atoms with Crippen molar-refractivity contribution in [2.45, 2.75) is 16.8 Å². The molecule has 0 bridgehead atoms. The fraction of sp³-hybridized carbons (Fsp3) is 0.0769. The number of hydrogen-bond donors (Lipinski definition) is 1. The molecule has 1 N–H and O–H groups in total. The van der Waals surface area contributed by atoms with Crippen molar-refractivity contribution in [2.75, 3.05) is 0 Å². The van der Waals surface area contributed by atoms with Crippen LogP contribution in [-0.4, -0.2) is 21.0 Å². The SMILES string of the molecule is Cc1ccc(Sc2ccc([N+](=O)[O-])cn2)cc1C(=O)O. The number of aromatic carboxylic acids is 1. The molecule has 0 aliphatic carbocycles. The van der Waals surface area contributed by atoms with Crippen LogP contribution in [0, 0.1) is 17.0 Å². The van der Waals surface area contributed by atoms with E-state index in [0.717, 1.165) is 0 Å². The Bertz CT molecular complexity index is 671. The van der Waals surface area contributed by atoms with Crippen molar-refractivity contribution in [3.8, 4) is 0 Å². The van der Waals surface area contributed by atoms with Gasteiger partial charge in [0.2, 0.25) is 0 Å². The molecule has 0 fully saturated rings. The molecule has 0 aliphatic rings. The predicted octanol–water partition coefficient (Wildman–Crippen LogP) is 3.15. The quantitative estimate of drug-likeness (QED) is 0.686. The average molecular weight is 290 g/mol. The largest absolute Gasteiger partial charge is 0.478 e. The molecule has 1 aromatic carbocycles. The number of benzene rings is 1. The zero-order chi connectivity index (χ0) is 14.7. The molecule has 0 saturated heterocycles. The second-order valence-electron chi connectivity index (χ2n) is 4.00. The molecular formula is C13H10N2O4S. The summed E-state index contributed by atoms with van der Waals surface area (Å²) in [5.74, 6) is -0.985. The number of carboxylic acids is 1. The first kappa shape index (κ1) is 14.0. The number of nitrogens with zero attached hydrogens (tertiary/aromatic N) is 2. The lowest BCUT2D eigenvalue weighted by Gasteiger charge is -2.04. The van der Waals surface area contributed by atoms with E-state index in [0.29, 0.717) is 15.5 Å². The van der Waals surface area contributed by atoms with Crippen LogP contribution >= 0.6 is 11.8 Å². The summed E-state index contributed by atoms with van der Waals surface area (Å²) in [6.45, 7) is 1.72. The van der Waals surface area contributed by atoms with Crippen molar-refractivity contribution in [2.24, 2.45) is 0 Å². The van der Waals surface area contributed by atoms with E-state index in [1.54, 1.807) is 25.1 Å². The van der Waals surface area contributed by atoms with Crippen LogP contribution in [0.4, 0.5) is 5.69 Å². The van der Waals surface area contributed by atoms with Crippen LogP contribution < -0.4 is 0 Å². The molecule has 2 aromatic rings. The van der Waals surface area contributed by atoms with Crippen LogP contribution in [0.25, 0.3) is 0 Å². The first-order valence-electron chi connectivity index (χ1n) is 5.59. The predicted molar refractivity (Wildman–Crippen MR) is 73.2 cm³/mol. The second kappa shape index (κ2) is 5.70. The van der Waals surface area contributed by atoms with E-state index in [4.69, 9.17) is 5.11 Å². The number of rotatable bonds is 4. The summed E-state index contributed by atoms with van der Waals surface area (Å²) in [5, 5.41) is 20.1. The molecule has 0 spiro atoms. The zero-order valence-electron chi connectivity index (χ0n) is 10.4. The Morgan fingerprint density at radius 2 is 2.10 bits per heavy atom. The van der Waals surface area contributed by atoms with E-state index in [1.165, 1.54) is 30.1 Å². The van der Waals surface area contributed by atoms with Gasteiger partial charge in [-0.2, -0.15) is 0 Å². The van der Waals surface area contributed by atoms with Crippen molar-refractivity contribution < 1.29 is 14.8 Å². The molecule has 0 atom stereocenters. The van der Waals surface area contributed by atoms with Crippen molar-refractivity contribution in [1.82, 2.24) is 4.98 Å². The third-order valence-corrected chi connectivity index (χ3v) is 3.53. The molecule has 0 saturated carbocycles. The summed E-state index contributed by atoms with van der Waals surface area (Å²) in [4.78, 5) is 25.7. The Morgan fingerprint density at radius 3 is 2.65 bits per heavy atom. The molecule has 0 aliphatic heterocycles. The van der Waals surface area contributed by atoms with Gasteiger partial charge < -0.3 is 5.11 Å². The lowest BCUT2D eigenvalue weighted by atomic mass is 10.1. The summed E-state index contributed by atoms with van der Waals surface area (Å²) < 4.78 is 0. The van der Waals surface area contributed by atoms with Gasteiger partial charge in [0.25, 0.3) is 5.69 Å². The minimum Gasteiger partial charge on any atom is -0.478 e. The molecule has 1 aromatic heterocycles. The van der Waals surface area contributed by atoms with Gasteiger partial charge in [-0.15, -0.1) is 0 Å². The molecule has 1 heterocycles. The van der Waals surface area contributed by atoms with Gasteiger partial charge in [-0.05, 0) is 30.7 Å². The number of aryl methyl sites for hydroxylation is 1. The second-order valence-corrected chi connectivity index (χ2v) is 5.09. The van der Waals surface area contributed by atoms with E-state index in [2.05, 4.69) is 4.98 Å². The molecule has 102 valence electrons. The summed E-state index contributed by atoms with van der Waals surface area (Å²) in [6.07, 6.45) is 1.18.